The number of nitrogens with zero attached hydrogens (tertiary/aromatic N) is 2. The molecule has 0 aromatic heterocycles. The van der Waals surface area contributed by atoms with Crippen LogP contribution in [0.2, 0.25) is 0 Å². The summed E-state index contributed by atoms with van der Waals surface area (Å²) in [7, 11) is 0. The Morgan fingerprint density at radius 1 is 1.35 bits per heavy atom. The van der Waals surface area contributed by atoms with Gasteiger partial charge in [0.1, 0.15) is 0 Å². The maximum Gasteiger partial charge on any atom is 0.314 e. The van der Waals surface area contributed by atoms with Crippen molar-refractivity contribution in [3.05, 3.63) is 29.8 Å². The third kappa shape index (κ3) is 1.52. The van der Waals surface area contributed by atoms with Crippen molar-refractivity contribution in [1.29, 1.82) is 0 Å². The van der Waals surface area contributed by atoms with E-state index in [-0.39, 0.29) is 0 Å². The van der Waals surface area contributed by atoms with Crippen LogP contribution in [0.4, 0.5) is 5.69 Å². The average molecular weight is 230 g/mol. The Balaban J connectivity index is 2.05. The van der Waals surface area contributed by atoms with Gasteiger partial charge in [-0.2, -0.15) is 0 Å². The van der Waals surface area contributed by atoms with Gasteiger partial charge < -0.3 is 10.0 Å². The van der Waals surface area contributed by atoms with E-state index in [0.29, 0.717) is 0 Å². The number of rotatable bonds is 3. The summed E-state index contributed by atoms with van der Waals surface area (Å²) in [5, 5.41) is 9.37. The predicted molar refractivity (Wildman–Crippen MR) is 65.7 cm³/mol. The fourth-order valence-corrected chi connectivity index (χ4v) is 2.41. The first-order chi connectivity index (χ1) is 8.24. The number of carbonyl (C=O) groups is 1. The van der Waals surface area contributed by atoms with E-state index in [0.717, 1.165) is 37.2 Å². The first-order valence-corrected chi connectivity index (χ1v) is 5.83. The van der Waals surface area contributed by atoms with Gasteiger partial charge in [-0.1, -0.05) is 18.2 Å². The molecule has 0 unspecified atom stereocenters. The van der Waals surface area contributed by atoms with Crippen LogP contribution >= 0.6 is 0 Å². The molecule has 0 amide bonds. The van der Waals surface area contributed by atoms with Gasteiger partial charge in [0.05, 0.1) is 18.3 Å². The fourth-order valence-electron chi connectivity index (χ4n) is 2.41. The highest BCUT2D eigenvalue weighted by Gasteiger charge is 2.53. The van der Waals surface area contributed by atoms with Gasteiger partial charge in [-0.3, -0.25) is 9.79 Å². The molecule has 4 heteroatoms. The summed E-state index contributed by atoms with van der Waals surface area (Å²) < 4.78 is 0. The normalized spacial score (nSPS) is 20.6. The number of carboxylic acid groups (broad SMARTS) is 1. The number of aliphatic carboxylic acids is 1. The number of aliphatic imine (C=N–C) groups is 1. The van der Waals surface area contributed by atoms with Gasteiger partial charge in [0.15, 0.2) is 0 Å². The second kappa shape index (κ2) is 3.58. The monoisotopic (exact) mass is 230 g/mol. The van der Waals surface area contributed by atoms with Crippen molar-refractivity contribution >= 4 is 18.0 Å². The predicted octanol–water partition coefficient (Wildman–Crippen LogP) is 1.65. The standard InChI is InChI=1S/C13H14N2O2/c16-12(17)13(5-6-13)10-3-1-2-4-11(10)15-8-7-14-9-15/h1-4,9H,5-8H2,(H,16,17). The molecule has 1 aromatic carbocycles. The van der Waals surface area contributed by atoms with E-state index >= 15 is 0 Å². The summed E-state index contributed by atoms with van der Waals surface area (Å²) in [4.78, 5) is 17.6. The fraction of sp³-hybridized carbons (Fsp3) is 0.385. The molecule has 0 radical (unpaired) electrons. The lowest BCUT2D eigenvalue weighted by molar-refractivity contribution is -0.140. The van der Waals surface area contributed by atoms with Crippen molar-refractivity contribution < 1.29 is 9.90 Å². The number of carboxylic acids is 1. The molecular formula is C13H14N2O2. The average Bonchev–Trinajstić information content (AvgIpc) is 2.98. The van der Waals surface area contributed by atoms with Crippen LogP contribution in [0.1, 0.15) is 18.4 Å². The summed E-state index contributed by atoms with van der Waals surface area (Å²) in [5.41, 5.74) is 1.28. The first-order valence-electron chi connectivity index (χ1n) is 5.83. The highest BCUT2D eigenvalue weighted by Crippen LogP contribution is 2.51. The number of hydrogen-bond acceptors (Lipinski definition) is 3. The maximum atomic E-state index is 11.4. The molecular weight excluding hydrogens is 216 g/mol. The van der Waals surface area contributed by atoms with Crippen molar-refractivity contribution in [2.45, 2.75) is 18.3 Å². The van der Waals surface area contributed by atoms with Crippen LogP contribution in [-0.4, -0.2) is 30.5 Å². The zero-order valence-electron chi connectivity index (χ0n) is 9.47. The van der Waals surface area contributed by atoms with Crippen molar-refractivity contribution in [2.75, 3.05) is 18.0 Å². The highest BCUT2D eigenvalue weighted by atomic mass is 16.4. The Hall–Kier alpha value is -1.84. The first kappa shape index (κ1) is 10.3. The van der Waals surface area contributed by atoms with Crippen molar-refractivity contribution in [3.63, 3.8) is 0 Å². The molecule has 1 fully saturated rings. The molecule has 0 atom stereocenters. The Morgan fingerprint density at radius 3 is 2.71 bits per heavy atom. The quantitative estimate of drug-likeness (QED) is 0.859. The number of para-hydroxylation sites is 1. The maximum absolute atomic E-state index is 11.4. The zero-order chi connectivity index (χ0) is 11.9. The summed E-state index contributed by atoms with van der Waals surface area (Å²) >= 11 is 0. The summed E-state index contributed by atoms with van der Waals surface area (Å²) in [5.74, 6) is -0.707. The topological polar surface area (TPSA) is 52.9 Å². The Bertz CT molecular complexity index is 492. The third-order valence-corrected chi connectivity index (χ3v) is 3.58. The molecule has 0 spiro atoms. The molecule has 1 aliphatic heterocycles. The van der Waals surface area contributed by atoms with Crippen molar-refractivity contribution in [1.82, 2.24) is 0 Å². The van der Waals surface area contributed by atoms with E-state index in [2.05, 4.69) is 4.99 Å². The minimum atomic E-state index is -0.707. The van der Waals surface area contributed by atoms with Crippen LogP contribution < -0.4 is 4.90 Å². The molecule has 4 nitrogen and oxygen atoms in total. The molecule has 17 heavy (non-hydrogen) atoms. The molecule has 1 heterocycles. The highest BCUT2D eigenvalue weighted by molar-refractivity contribution is 5.91. The Kier molecular flexibility index (Phi) is 2.18. The zero-order valence-corrected chi connectivity index (χ0v) is 9.47. The van der Waals surface area contributed by atoms with Gasteiger partial charge >= 0.3 is 5.97 Å². The second-order valence-corrected chi connectivity index (χ2v) is 4.62. The SMILES string of the molecule is O=C(O)C1(c2ccccc2N2C=NCC2)CC1. The van der Waals surface area contributed by atoms with Gasteiger partial charge in [-0.05, 0) is 24.5 Å². The molecule has 2 aliphatic rings. The lowest BCUT2D eigenvalue weighted by atomic mass is 9.94. The van der Waals surface area contributed by atoms with E-state index < -0.39 is 11.4 Å². The van der Waals surface area contributed by atoms with Gasteiger partial charge in [-0.15, -0.1) is 0 Å². The van der Waals surface area contributed by atoms with Crippen LogP contribution in [0.3, 0.4) is 0 Å². The van der Waals surface area contributed by atoms with Crippen LogP contribution in [0.15, 0.2) is 29.3 Å². The molecule has 0 bridgehead atoms. The Labute approximate surface area is 99.6 Å². The molecule has 1 aliphatic carbocycles. The lowest BCUT2D eigenvalue weighted by Crippen LogP contribution is -2.26. The molecule has 1 aromatic rings. The second-order valence-electron chi connectivity index (χ2n) is 4.62. The van der Waals surface area contributed by atoms with E-state index in [4.69, 9.17) is 0 Å². The van der Waals surface area contributed by atoms with Crippen LogP contribution in [0.5, 0.6) is 0 Å². The van der Waals surface area contributed by atoms with E-state index in [1.807, 2.05) is 29.2 Å². The van der Waals surface area contributed by atoms with Crippen molar-refractivity contribution in [2.24, 2.45) is 4.99 Å². The summed E-state index contributed by atoms with van der Waals surface area (Å²) in [6, 6.07) is 7.77. The third-order valence-electron chi connectivity index (χ3n) is 3.58. The molecule has 1 N–H and O–H groups in total. The van der Waals surface area contributed by atoms with E-state index in [1.54, 1.807) is 6.34 Å². The van der Waals surface area contributed by atoms with Crippen LogP contribution in [-0.2, 0) is 10.2 Å². The number of hydrogen-bond donors (Lipinski definition) is 1. The van der Waals surface area contributed by atoms with Crippen LogP contribution in [0.25, 0.3) is 0 Å². The van der Waals surface area contributed by atoms with Gasteiger partial charge in [0.2, 0.25) is 0 Å². The van der Waals surface area contributed by atoms with Crippen molar-refractivity contribution in [3.8, 4) is 0 Å². The van der Waals surface area contributed by atoms with E-state index in [9.17, 15) is 9.90 Å². The van der Waals surface area contributed by atoms with Gasteiger partial charge in [-0.25, -0.2) is 0 Å². The molecule has 88 valence electrons. The molecule has 0 saturated heterocycles. The largest absolute Gasteiger partial charge is 0.481 e. The smallest absolute Gasteiger partial charge is 0.314 e. The summed E-state index contributed by atoms with van der Waals surface area (Å²) in [6.07, 6.45) is 3.28. The minimum Gasteiger partial charge on any atom is -0.481 e. The number of benzene rings is 1. The van der Waals surface area contributed by atoms with Gasteiger partial charge in [0.25, 0.3) is 0 Å². The molecule has 3 rings (SSSR count). The minimum absolute atomic E-state index is 0.646. The van der Waals surface area contributed by atoms with Gasteiger partial charge in [0, 0.05) is 12.2 Å². The summed E-state index contributed by atoms with van der Waals surface area (Å²) in [6.45, 7) is 1.63. The number of anilines is 1. The van der Waals surface area contributed by atoms with E-state index in [1.165, 1.54) is 0 Å². The van der Waals surface area contributed by atoms with Crippen LogP contribution in [0, 0.1) is 0 Å². The lowest BCUT2D eigenvalue weighted by Gasteiger charge is -2.21. The molecule has 1 saturated carbocycles. The Morgan fingerprint density at radius 2 is 2.12 bits per heavy atom.